The topological polar surface area (TPSA) is 82.3 Å². The van der Waals surface area contributed by atoms with Gasteiger partial charge in [-0.15, -0.1) is 0 Å². The summed E-state index contributed by atoms with van der Waals surface area (Å²) < 4.78 is 2.37. The molecule has 3 aromatic heterocycles. The number of hydrogen-bond donors (Lipinski definition) is 0. The van der Waals surface area contributed by atoms with Crippen LogP contribution >= 0.6 is 11.6 Å². The van der Waals surface area contributed by atoms with Crippen LogP contribution in [0.5, 0.6) is 0 Å². The van der Waals surface area contributed by atoms with E-state index in [9.17, 15) is 0 Å². The molecule has 0 N–H and O–H groups in total. The number of aromatic nitrogens is 7. The van der Waals surface area contributed by atoms with Crippen LogP contribution in [0.4, 0.5) is 0 Å². The largest absolute Gasteiger partial charge is 0.309 e. The lowest BCUT2D eigenvalue weighted by Crippen LogP contribution is -2.01. The van der Waals surface area contributed by atoms with E-state index in [1.807, 2.05) is 60.7 Å². The van der Waals surface area contributed by atoms with Gasteiger partial charge in [-0.05, 0) is 104 Å². The highest BCUT2D eigenvalue weighted by Gasteiger charge is 2.19. The third kappa shape index (κ3) is 10.2. The fourth-order valence-electron chi connectivity index (χ4n) is 11.5. The number of nitrogens with zero attached hydrogens (tertiary/aromatic N) is 7. The molecule has 15 rings (SSSR count). The van der Waals surface area contributed by atoms with E-state index >= 15 is 0 Å². The van der Waals surface area contributed by atoms with Crippen molar-refractivity contribution in [1.29, 1.82) is 0 Å². The summed E-state index contributed by atoms with van der Waals surface area (Å²) in [6, 6.07) is 105. The van der Waals surface area contributed by atoms with Gasteiger partial charge >= 0.3 is 0 Å². The molecule has 404 valence electrons. The van der Waals surface area contributed by atoms with Gasteiger partial charge in [0.05, 0.1) is 11.0 Å². The van der Waals surface area contributed by atoms with Crippen LogP contribution in [0, 0.1) is 0 Å². The summed E-state index contributed by atoms with van der Waals surface area (Å²) in [6.07, 6.45) is 0. The fourth-order valence-corrected chi connectivity index (χ4v) is 11.7. The van der Waals surface area contributed by atoms with Crippen LogP contribution in [-0.4, -0.2) is 34.5 Å². The SMILES string of the molecule is Clc1cccc(-c2nc(-c3ccccc3)nc(-c3ccc(-c4cccc(-c5cccc(-c6nc(-c7ccc(-c8ccccc8)cc7)nc(-c7cccc(-n8c9ccccc9c9ccc(-c%10ccccc%10-c%10ccccc%10)cc98)c7)n6)c5)c4)cc3)n2)c1. The molecule has 0 aliphatic carbocycles. The molecule has 3 heterocycles. The van der Waals surface area contributed by atoms with E-state index in [0.29, 0.717) is 40.0 Å². The first kappa shape index (κ1) is 51.6. The maximum absolute atomic E-state index is 6.44. The Balaban J connectivity index is 0.795. The molecular weight excluding hydrogens is 1070 g/mol. The minimum absolute atomic E-state index is 0.554. The Morgan fingerprint density at radius 3 is 1.14 bits per heavy atom. The maximum atomic E-state index is 6.44. The molecule has 7 nitrogen and oxygen atoms in total. The van der Waals surface area contributed by atoms with Gasteiger partial charge in [0, 0.05) is 54.9 Å². The van der Waals surface area contributed by atoms with Crippen LogP contribution in [0.2, 0.25) is 5.02 Å². The van der Waals surface area contributed by atoms with E-state index < -0.39 is 0 Å². The molecule has 0 spiro atoms. The molecule has 0 atom stereocenters. The number of benzene rings is 12. The van der Waals surface area contributed by atoms with Crippen LogP contribution in [0.15, 0.2) is 303 Å². The van der Waals surface area contributed by atoms with Crippen LogP contribution in [0.1, 0.15) is 0 Å². The van der Waals surface area contributed by atoms with Gasteiger partial charge in [0.1, 0.15) is 0 Å². The Kier molecular flexibility index (Phi) is 13.5. The van der Waals surface area contributed by atoms with E-state index in [4.69, 9.17) is 41.5 Å². The predicted molar refractivity (Wildman–Crippen MR) is 352 cm³/mol. The van der Waals surface area contributed by atoms with Gasteiger partial charge in [0.2, 0.25) is 0 Å². The molecule has 0 bridgehead atoms. The van der Waals surface area contributed by atoms with E-state index in [0.717, 1.165) is 89.0 Å². The lowest BCUT2D eigenvalue weighted by molar-refractivity contribution is 1.07. The number of para-hydroxylation sites is 1. The van der Waals surface area contributed by atoms with Gasteiger partial charge in [-0.2, -0.15) is 0 Å². The van der Waals surface area contributed by atoms with Crippen LogP contribution < -0.4 is 0 Å². The molecule has 0 aliphatic rings. The standard InChI is InChI=1S/C78H50ClN7/c79-65-30-16-28-63(48-65)77-81-73(55-22-8-3-9-23-55)80-74(83-77)57-42-38-53(39-43-57)58-24-14-25-59(46-58)60-26-15-27-62(47-60)76-82-75(56-40-36-52(37-41-56)51-18-4-1-5-19-51)84-78(85-76)64-29-17-31-66(49-64)86-71-35-13-12-34-69(71)70-45-44-61(50-72(70)86)68-33-11-10-32-67(68)54-20-6-2-7-21-54/h1-50H. The molecule has 12 aromatic carbocycles. The number of halogens is 1. The van der Waals surface area contributed by atoms with Crippen molar-refractivity contribution in [3.8, 4) is 130 Å². The minimum atomic E-state index is 0.554. The molecule has 8 heteroatoms. The maximum Gasteiger partial charge on any atom is 0.164 e. The molecule has 15 aromatic rings. The highest BCUT2D eigenvalue weighted by molar-refractivity contribution is 6.30. The van der Waals surface area contributed by atoms with E-state index in [1.165, 1.54) is 27.5 Å². The Labute approximate surface area is 503 Å². The van der Waals surface area contributed by atoms with Crippen LogP contribution in [0.3, 0.4) is 0 Å². The van der Waals surface area contributed by atoms with Gasteiger partial charge in [-0.1, -0.05) is 266 Å². The van der Waals surface area contributed by atoms with Gasteiger partial charge in [-0.3, -0.25) is 0 Å². The van der Waals surface area contributed by atoms with E-state index in [1.54, 1.807) is 0 Å². The second-order valence-corrected chi connectivity index (χ2v) is 21.7. The van der Waals surface area contributed by atoms with Gasteiger partial charge in [-0.25, -0.2) is 29.9 Å². The highest BCUT2D eigenvalue weighted by atomic mass is 35.5. The summed E-state index contributed by atoms with van der Waals surface area (Å²) in [5.74, 6) is 3.44. The predicted octanol–water partition coefficient (Wildman–Crippen LogP) is 20.1. The Morgan fingerprint density at radius 2 is 0.558 bits per heavy atom. The van der Waals surface area contributed by atoms with Crippen molar-refractivity contribution in [2.24, 2.45) is 0 Å². The van der Waals surface area contributed by atoms with Gasteiger partial charge < -0.3 is 4.57 Å². The third-order valence-corrected chi connectivity index (χ3v) is 16.0. The average molecular weight is 1120 g/mol. The van der Waals surface area contributed by atoms with Crippen molar-refractivity contribution in [3.05, 3.63) is 308 Å². The summed E-state index contributed by atoms with van der Waals surface area (Å²) in [7, 11) is 0. The molecular formula is C78H50ClN7. The number of rotatable bonds is 12. The zero-order chi connectivity index (χ0) is 57.3. The van der Waals surface area contributed by atoms with Crippen molar-refractivity contribution in [3.63, 3.8) is 0 Å². The lowest BCUT2D eigenvalue weighted by Gasteiger charge is -2.13. The third-order valence-electron chi connectivity index (χ3n) is 15.8. The van der Waals surface area contributed by atoms with Crippen LogP contribution in [-0.2, 0) is 0 Å². The summed E-state index contributed by atoms with van der Waals surface area (Å²) in [6.45, 7) is 0. The quantitative estimate of drug-likeness (QED) is 0.121. The van der Waals surface area contributed by atoms with E-state index in [2.05, 4.69) is 247 Å². The molecule has 0 saturated carbocycles. The monoisotopic (exact) mass is 1120 g/mol. The smallest absolute Gasteiger partial charge is 0.164 e. The molecule has 86 heavy (non-hydrogen) atoms. The van der Waals surface area contributed by atoms with Gasteiger partial charge in [0.15, 0.2) is 34.9 Å². The summed E-state index contributed by atoms with van der Waals surface area (Å²) in [4.78, 5) is 30.7. The molecule has 0 unspecified atom stereocenters. The first-order chi connectivity index (χ1) is 42.5. The molecule has 0 aliphatic heterocycles. The first-order valence-corrected chi connectivity index (χ1v) is 29.0. The van der Waals surface area contributed by atoms with Gasteiger partial charge in [0.25, 0.3) is 0 Å². The molecule has 0 fully saturated rings. The first-order valence-electron chi connectivity index (χ1n) is 28.6. The lowest BCUT2D eigenvalue weighted by atomic mass is 9.94. The zero-order valence-corrected chi connectivity index (χ0v) is 47.1. The average Bonchev–Trinajstić information content (AvgIpc) is 1.82. The minimum Gasteiger partial charge on any atom is -0.309 e. The summed E-state index contributed by atoms with van der Waals surface area (Å²) in [5.41, 5.74) is 19.6. The number of hydrogen-bond acceptors (Lipinski definition) is 6. The highest BCUT2D eigenvalue weighted by Crippen LogP contribution is 2.40. The van der Waals surface area contributed by atoms with Crippen molar-refractivity contribution >= 4 is 33.4 Å². The van der Waals surface area contributed by atoms with E-state index in [-0.39, 0.29) is 0 Å². The van der Waals surface area contributed by atoms with Crippen molar-refractivity contribution in [2.75, 3.05) is 0 Å². The fraction of sp³-hybridized carbons (Fsp3) is 0. The molecule has 0 saturated heterocycles. The summed E-state index contributed by atoms with van der Waals surface area (Å²) >= 11 is 6.44. The van der Waals surface area contributed by atoms with Crippen LogP contribution in [0.25, 0.3) is 151 Å². The van der Waals surface area contributed by atoms with Crippen molar-refractivity contribution in [2.45, 2.75) is 0 Å². The van der Waals surface area contributed by atoms with Crippen molar-refractivity contribution in [1.82, 2.24) is 34.5 Å². The Morgan fingerprint density at radius 1 is 0.209 bits per heavy atom. The Hall–Kier alpha value is -11.3. The number of fused-ring (bicyclic) bond motifs is 3. The van der Waals surface area contributed by atoms with Crippen molar-refractivity contribution < 1.29 is 0 Å². The Bertz CT molecular complexity index is 4990. The second-order valence-electron chi connectivity index (χ2n) is 21.2. The summed E-state index contributed by atoms with van der Waals surface area (Å²) in [5, 5.41) is 2.98. The normalized spacial score (nSPS) is 11.3. The zero-order valence-electron chi connectivity index (χ0n) is 46.4. The molecule has 0 radical (unpaired) electrons. The molecule has 0 amide bonds. The second kappa shape index (κ2) is 22.5.